The third-order valence-electron chi connectivity index (χ3n) is 1.57. The Morgan fingerprint density at radius 2 is 1.67 bits per heavy atom. The second-order valence-corrected chi connectivity index (χ2v) is 3.06. The molecule has 0 saturated heterocycles. The molecule has 15 heavy (non-hydrogen) atoms. The summed E-state index contributed by atoms with van der Waals surface area (Å²) in [4.78, 5) is 0. The first-order valence-corrected chi connectivity index (χ1v) is 4.82. The van der Waals surface area contributed by atoms with E-state index in [2.05, 4.69) is 31.9 Å². The van der Waals surface area contributed by atoms with Crippen molar-refractivity contribution < 1.29 is 0 Å². The van der Waals surface area contributed by atoms with Gasteiger partial charge in [-0.3, -0.25) is 0 Å². The van der Waals surface area contributed by atoms with E-state index in [-0.39, 0.29) is 0 Å². The third kappa shape index (κ3) is 8.51. The number of hydrogen-bond donors (Lipinski definition) is 0. The lowest BCUT2D eigenvalue weighted by Crippen LogP contribution is -1.65. The van der Waals surface area contributed by atoms with Gasteiger partial charge in [0.25, 0.3) is 0 Å². The Bertz CT molecular complexity index is 328. The van der Waals surface area contributed by atoms with E-state index in [1.165, 1.54) is 5.56 Å². The van der Waals surface area contributed by atoms with Gasteiger partial charge in [-0.05, 0) is 12.5 Å². The monoisotopic (exact) mass is 198 g/mol. The Labute approximate surface area is 93.0 Å². The molecular weight excluding hydrogens is 180 g/mol. The minimum Gasteiger partial charge on any atom is -0.0991 e. The maximum absolute atomic E-state index is 3.59. The molecule has 0 saturated carbocycles. The first kappa shape index (κ1) is 13.2. The van der Waals surface area contributed by atoms with Crippen LogP contribution in [0.25, 0.3) is 6.08 Å². The van der Waals surface area contributed by atoms with E-state index in [0.29, 0.717) is 0 Å². The lowest BCUT2D eigenvalue weighted by molar-refractivity contribution is 1.58. The smallest absolute Gasteiger partial charge is 0.0257 e. The molecule has 1 aromatic carbocycles. The van der Waals surface area contributed by atoms with Crippen LogP contribution in [-0.4, -0.2) is 0 Å². The molecule has 78 valence electrons. The van der Waals surface area contributed by atoms with Crippen molar-refractivity contribution in [3.8, 4) is 0 Å². The van der Waals surface area contributed by atoms with Gasteiger partial charge in [-0.2, -0.15) is 0 Å². The molecule has 0 aliphatic carbocycles. The summed E-state index contributed by atoms with van der Waals surface area (Å²) in [5.74, 6) is 0. The SMILES string of the molecule is C=C/C=C/c1ccccc1.C=CC(=C)C. The molecule has 0 unspecified atom stereocenters. The normalized spacial score (nSPS) is 8.87. The zero-order valence-corrected chi connectivity index (χ0v) is 9.32. The summed E-state index contributed by atoms with van der Waals surface area (Å²) in [6, 6.07) is 10.1. The van der Waals surface area contributed by atoms with Crippen molar-refractivity contribution >= 4 is 6.08 Å². The summed E-state index contributed by atoms with van der Waals surface area (Å²) in [5, 5.41) is 0. The van der Waals surface area contributed by atoms with Gasteiger partial charge < -0.3 is 0 Å². The van der Waals surface area contributed by atoms with Crippen molar-refractivity contribution in [1.29, 1.82) is 0 Å². The first-order chi connectivity index (χ1) is 7.20. The zero-order chi connectivity index (χ0) is 11.5. The Morgan fingerprint density at radius 1 is 1.13 bits per heavy atom. The lowest BCUT2D eigenvalue weighted by Gasteiger charge is -1.87. The summed E-state index contributed by atoms with van der Waals surface area (Å²) in [6.07, 6.45) is 7.44. The zero-order valence-electron chi connectivity index (χ0n) is 9.32. The van der Waals surface area contributed by atoms with Crippen LogP contribution >= 0.6 is 0 Å². The predicted octanol–water partition coefficient (Wildman–Crippen LogP) is 4.63. The van der Waals surface area contributed by atoms with Gasteiger partial charge in [-0.1, -0.05) is 79.9 Å². The standard InChI is InChI=1S/C10H10.C5H8/c1-2-3-7-10-8-5-4-6-9-10;1-4-5(2)3/h2-9H,1H2;4H,1-2H2,3H3/b7-3+;. The van der Waals surface area contributed by atoms with Crippen LogP contribution in [0.2, 0.25) is 0 Å². The molecule has 0 fully saturated rings. The van der Waals surface area contributed by atoms with Crippen molar-refractivity contribution in [3.63, 3.8) is 0 Å². The lowest BCUT2D eigenvalue weighted by atomic mass is 10.2. The fraction of sp³-hybridized carbons (Fsp3) is 0.0667. The molecule has 0 spiro atoms. The highest BCUT2D eigenvalue weighted by atomic mass is 13.8. The van der Waals surface area contributed by atoms with Gasteiger partial charge in [-0.15, -0.1) is 0 Å². The Hall–Kier alpha value is -1.82. The van der Waals surface area contributed by atoms with Gasteiger partial charge in [0.2, 0.25) is 0 Å². The highest BCUT2D eigenvalue weighted by Crippen LogP contribution is 1.99. The maximum atomic E-state index is 3.59. The first-order valence-electron chi connectivity index (χ1n) is 4.82. The highest BCUT2D eigenvalue weighted by Gasteiger charge is 1.78. The molecule has 0 radical (unpaired) electrons. The maximum Gasteiger partial charge on any atom is -0.0257 e. The van der Waals surface area contributed by atoms with Crippen LogP contribution < -0.4 is 0 Å². The Balaban J connectivity index is 0.000000336. The molecule has 0 aromatic heterocycles. The van der Waals surface area contributed by atoms with Crippen LogP contribution in [-0.2, 0) is 0 Å². The summed E-state index contributed by atoms with van der Waals surface area (Å²) in [7, 11) is 0. The summed E-state index contributed by atoms with van der Waals surface area (Å²) in [6.45, 7) is 12.5. The largest absolute Gasteiger partial charge is 0.0991 e. The molecule has 0 heterocycles. The van der Waals surface area contributed by atoms with Crippen LogP contribution in [0.3, 0.4) is 0 Å². The van der Waals surface area contributed by atoms with E-state index in [1.54, 1.807) is 12.2 Å². The van der Waals surface area contributed by atoms with Crippen LogP contribution in [0.5, 0.6) is 0 Å². The van der Waals surface area contributed by atoms with Gasteiger partial charge >= 0.3 is 0 Å². The number of allylic oxidation sites excluding steroid dienone is 4. The molecule has 0 aliphatic rings. The molecule has 1 aromatic rings. The van der Waals surface area contributed by atoms with Crippen molar-refractivity contribution in [2.45, 2.75) is 6.92 Å². The molecule has 0 N–H and O–H groups in total. The summed E-state index contributed by atoms with van der Waals surface area (Å²) < 4.78 is 0. The molecule has 0 nitrogen and oxygen atoms in total. The topological polar surface area (TPSA) is 0 Å². The van der Waals surface area contributed by atoms with Gasteiger partial charge in [0.05, 0.1) is 0 Å². The van der Waals surface area contributed by atoms with Crippen molar-refractivity contribution in [2.75, 3.05) is 0 Å². The fourth-order valence-electron chi connectivity index (χ4n) is 0.743. The van der Waals surface area contributed by atoms with Gasteiger partial charge in [0, 0.05) is 0 Å². The second-order valence-electron chi connectivity index (χ2n) is 3.06. The number of rotatable bonds is 3. The molecule has 0 amide bonds. The molecule has 0 bridgehead atoms. The minimum absolute atomic E-state index is 1.02. The van der Waals surface area contributed by atoms with Crippen LogP contribution in [0, 0.1) is 0 Å². The average molecular weight is 198 g/mol. The fourth-order valence-corrected chi connectivity index (χ4v) is 0.743. The predicted molar refractivity (Wildman–Crippen MR) is 70.7 cm³/mol. The van der Waals surface area contributed by atoms with E-state index < -0.39 is 0 Å². The van der Waals surface area contributed by atoms with E-state index in [0.717, 1.165) is 5.57 Å². The van der Waals surface area contributed by atoms with Gasteiger partial charge in [-0.25, -0.2) is 0 Å². The molecule has 0 heteroatoms. The minimum atomic E-state index is 1.02. The van der Waals surface area contributed by atoms with Gasteiger partial charge in [0.15, 0.2) is 0 Å². The molecular formula is C15H18. The van der Waals surface area contributed by atoms with Crippen LogP contribution in [0.1, 0.15) is 12.5 Å². The van der Waals surface area contributed by atoms with Gasteiger partial charge in [0.1, 0.15) is 0 Å². The average Bonchev–Trinajstić information content (AvgIpc) is 2.28. The highest BCUT2D eigenvalue weighted by molar-refractivity contribution is 5.50. The second kappa shape index (κ2) is 8.76. The van der Waals surface area contributed by atoms with Crippen LogP contribution in [0.4, 0.5) is 0 Å². The third-order valence-corrected chi connectivity index (χ3v) is 1.57. The Kier molecular flexibility index (Phi) is 7.70. The number of benzene rings is 1. The summed E-state index contributed by atoms with van der Waals surface area (Å²) in [5.41, 5.74) is 2.23. The van der Waals surface area contributed by atoms with E-state index in [4.69, 9.17) is 0 Å². The van der Waals surface area contributed by atoms with E-state index >= 15 is 0 Å². The van der Waals surface area contributed by atoms with Crippen LogP contribution in [0.15, 0.2) is 73.9 Å². The number of hydrogen-bond acceptors (Lipinski definition) is 0. The van der Waals surface area contributed by atoms with Crippen molar-refractivity contribution in [1.82, 2.24) is 0 Å². The van der Waals surface area contributed by atoms with E-state index in [1.807, 2.05) is 37.3 Å². The summed E-state index contributed by atoms with van der Waals surface area (Å²) >= 11 is 0. The van der Waals surface area contributed by atoms with Crippen molar-refractivity contribution in [2.24, 2.45) is 0 Å². The molecule has 1 rings (SSSR count). The quantitative estimate of drug-likeness (QED) is 0.621. The van der Waals surface area contributed by atoms with E-state index in [9.17, 15) is 0 Å². The Morgan fingerprint density at radius 3 is 2.07 bits per heavy atom. The van der Waals surface area contributed by atoms with Crippen molar-refractivity contribution in [3.05, 3.63) is 79.4 Å². The molecule has 0 aliphatic heterocycles. The molecule has 0 atom stereocenters.